The smallest absolute Gasteiger partial charge is 0.205 e. The Morgan fingerprint density at radius 1 is 1.33 bits per heavy atom. The standard InChI is InChI=1S/C13H22N4S/c1-9(2)12-15-13(18-16-12)17-8-4-6-11(17)10-5-3-7-14-10/h9-11,14H,3-8H2,1-2H3. The minimum Gasteiger partial charge on any atom is -0.342 e. The van der Waals surface area contributed by atoms with Gasteiger partial charge in [-0.1, -0.05) is 13.8 Å². The van der Waals surface area contributed by atoms with E-state index in [9.17, 15) is 0 Å². The number of hydrogen-bond donors (Lipinski definition) is 1. The SMILES string of the molecule is CC(C)c1nsc(N2CCCC2C2CCCN2)n1. The third-order valence-corrected chi connectivity index (χ3v) is 4.82. The zero-order valence-electron chi connectivity index (χ0n) is 11.2. The van der Waals surface area contributed by atoms with Crippen LogP contribution >= 0.6 is 11.5 Å². The second-order valence-electron chi connectivity index (χ2n) is 5.70. The van der Waals surface area contributed by atoms with E-state index in [1.54, 1.807) is 11.5 Å². The molecule has 3 rings (SSSR count). The molecule has 2 aliphatic rings. The summed E-state index contributed by atoms with van der Waals surface area (Å²) >= 11 is 1.57. The fourth-order valence-electron chi connectivity index (χ4n) is 3.07. The highest BCUT2D eigenvalue weighted by Gasteiger charge is 2.34. The molecule has 2 atom stereocenters. The van der Waals surface area contributed by atoms with Crippen LogP contribution in [0.3, 0.4) is 0 Å². The Hall–Kier alpha value is -0.680. The summed E-state index contributed by atoms with van der Waals surface area (Å²) in [5.41, 5.74) is 0. The molecule has 1 aromatic heterocycles. The normalized spacial score (nSPS) is 28.5. The van der Waals surface area contributed by atoms with Gasteiger partial charge in [0.05, 0.1) is 0 Å². The third-order valence-electron chi connectivity index (χ3n) is 4.06. The summed E-state index contributed by atoms with van der Waals surface area (Å²) in [5, 5.41) is 4.78. The third kappa shape index (κ3) is 2.26. The number of anilines is 1. The van der Waals surface area contributed by atoms with Crippen LogP contribution in [0.4, 0.5) is 5.13 Å². The highest BCUT2D eigenvalue weighted by Crippen LogP contribution is 2.31. The summed E-state index contributed by atoms with van der Waals surface area (Å²) in [4.78, 5) is 7.21. The Labute approximate surface area is 113 Å². The van der Waals surface area contributed by atoms with Crippen LogP contribution < -0.4 is 10.2 Å². The van der Waals surface area contributed by atoms with Gasteiger partial charge in [0, 0.05) is 36.1 Å². The van der Waals surface area contributed by atoms with Gasteiger partial charge in [0.15, 0.2) is 0 Å². The van der Waals surface area contributed by atoms with Crippen LogP contribution in [0.15, 0.2) is 0 Å². The van der Waals surface area contributed by atoms with Gasteiger partial charge in [-0.15, -0.1) is 0 Å². The molecule has 2 aliphatic heterocycles. The monoisotopic (exact) mass is 266 g/mol. The molecule has 0 spiro atoms. The molecule has 1 aromatic rings. The van der Waals surface area contributed by atoms with Gasteiger partial charge in [0.1, 0.15) is 5.82 Å². The van der Waals surface area contributed by atoms with E-state index in [1.807, 2.05) is 0 Å². The van der Waals surface area contributed by atoms with Crippen LogP contribution in [0.25, 0.3) is 0 Å². The van der Waals surface area contributed by atoms with Crippen LogP contribution in [-0.2, 0) is 0 Å². The molecule has 2 fully saturated rings. The first-order chi connectivity index (χ1) is 8.75. The number of nitrogens with zero attached hydrogens (tertiary/aromatic N) is 3. The summed E-state index contributed by atoms with van der Waals surface area (Å²) in [6.45, 7) is 6.65. The topological polar surface area (TPSA) is 41.1 Å². The maximum atomic E-state index is 4.72. The van der Waals surface area contributed by atoms with Crippen LogP contribution in [0, 0.1) is 0 Å². The van der Waals surface area contributed by atoms with Gasteiger partial charge < -0.3 is 10.2 Å². The molecule has 100 valence electrons. The van der Waals surface area contributed by atoms with E-state index < -0.39 is 0 Å². The van der Waals surface area contributed by atoms with Gasteiger partial charge in [-0.3, -0.25) is 0 Å². The zero-order valence-corrected chi connectivity index (χ0v) is 12.0. The molecule has 0 aromatic carbocycles. The van der Waals surface area contributed by atoms with Gasteiger partial charge in [-0.25, -0.2) is 4.98 Å². The first-order valence-corrected chi connectivity index (χ1v) is 7.86. The predicted molar refractivity (Wildman–Crippen MR) is 75.4 cm³/mol. The highest BCUT2D eigenvalue weighted by atomic mass is 32.1. The van der Waals surface area contributed by atoms with Gasteiger partial charge in [-0.2, -0.15) is 4.37 Å². The minimum absolute atomic E-state index is 0.431. The van der Waals surface area contributed by atoms with Crippen LogP contribution in [0.5, 0.6) is 0 Å². The maximum Gasteiger partial charge on any atom is 0.205 e. The molecular formula is C13H22N4S. The van der Waals surface area contributed by atoms with Crippen molar-refractivity contribution in [3.8, 4) is 0 Å². The molecule has 18 heavy (non-hydrogen) atoms. The van der Waals surface area contributed by atoms with Gasteiger partial charge in [0.25, 0.3) is 0 Å². The molecule has 0 radical (unpaired) electrons. The fourth-order valence-corrected chi connectivity index (χ4v) is 3.96. The molecule has 0 aliphatic carbocycles. The van der Waals surface area contributed by atoms with E-state index in [4.69, 9.17) is 4.98 Å². The highest BCUT2D eigenvalue weighted by molar-refractivity contribution is 7.09. The Balaban J connectivity index is 1.76. The maximum absolute atomic E-state index is 4.72. The molecule has 3 heterocycles. The number of aromatic nitrogens is 2. The van der Waals surface area contributed by atoms with Crippen molar-refractivity contribution < 1.29 is 0 Å². The van der Waals surface area contributed by atoms with E-state index in [0.717, 1.165) is 17.5 Å². The molecule has 0 bridgehead atoms. The molecule has 2 saturated heterocycles. The Morgan fingerprint density at radius 2 is 2.22 bits per heavy atom. The van der Waals surface area contributed by atoms with Gasteiger partial charge in [-0.05, 0) is 32.2 Å². The van der Waals surface area contributed by atoms with E-state index in [0.29, 0.717) is 18.0 Å². The Bertz CT molecular complexity index is 397. The lowest BCUT2D eigenvalue weighted by molar-refractivity contribution is 0.482. The van der Waals surface area contributed by atoms with E-state index in [-0.39, 0.29) is 0 Å². The summed E-state index contributed by atoms with van der Waals surface area (Å²) in [5.74, 6) is 1.43. The lowest BCUT2D eigenvalue weighted by atomic mass is 10.0. The van der Waals surface area contributed by atoms with Crippen molar-refractivity contribution >= 4 is 16.7 Å². The van der Waals surface area contributed by atoms with Crippen LogP contribution in [-0.4, -0.2) is 34.5 Å². The van der Waals surface area contributed by atoms with E-state index >= 15 is 0 Å². The second kappa shape index (κ2) is 5.13. The summed E-state index contributed by atoms with van der Waals surface area (Å²) in [7, 11) is 0. The summed E-state index contributed by atoms with van der Waals surface area (Å²) in [6, 6.07) is 1.30. The predicted octanol–water partition coefficient (Wildman–Crippen LogP) is 2.38. The van der Waals surface area contributed by atoms with Crippen LogP contribution in [0.2, 0.25) is 0 Å². The first kappa shape index (κ1) is 12.4. The minimum atomic E-state index is 0.431. The van der Waals surface area contributed by atoms with Crippen molar-refractivity contribution in [3.63, 3.8) is 0 Å². The molecule has 5 heteroatoms. The quantitative estimate of drug-likeness (QED) is 0.912. The second-order valence-corrected chi connectivity index (χ2v) is 6.43. The lowest BCUT2D eigenvalue weighted by Crippen LogP contribution is -2.44. The van der Waals surface area contributed by atoms with Crippen molar-refractivity contribution in [2.75, 3.05) is 18.0 Å². The number of hydrogen-bond acceptors (Lipinski definition) is 5. The lowest BCUT2D eigenvalue weighted by Gasteiger charge is -2.28. The molecule has 0 amide bonds. The Kier molecular flexibility index (Phi) is 3.52. The summed E-state index contributed by atoms with van der Waals surface area (Å²) < 4.78 is 4.49. The number of rotatable bonds is 3. The average Bonchev–Trinajstić information content (AvgIpc) is 3.10. The first-order valence-electron chi connectivity index (χ1n) is 7.09. The fraction of sp³-hybridized carbons (Fsp3) is 0.846. The van der Waals surface area contributed by atoms with Gasteiger partial charge >= 0.3 is 0 Å². The zero-order chi connectivity index (χ0) is 12.5. The molecule has 2 unspecified atom stereocenters. The molecular weight excluding hydrogens is 244 g/mol. The molecule has 4 nitrogen and oxygen atoms in total. The van der Waals surface area contributed by atoms with Gasteiger partial charge in [0.2, 0.25) is 5.13 Å². The van der Waals surface area contributed by atoms with E-state index in [2.05, 4.69) is 28.4 Å². The molecule has 0 saturated carbocycles. The largest absolute Gasteiger partial charge is 0.342 e. The van der Waals surface area contributed by atoms with Crippen LogP contribution in [0.1, 0.15) is 51.3 Å². The van der Waals surface area contributed by atoms with Crippen molar-refractivity contribution in [1.82, 2.24) is 14.7 Å². The van der Waals surface area contributed by atoms with E-state index in [1.165, 1.54) is 32.2 Å². The Morgan fingerprint density at radius 3 is 2.89 bits per heavy atom. The van der Waals surface area contributed by atoms with Crippen molar-refractivity contribution in [3.05, 3.63) is 5.82 Å². The average molecular weight is 266 g/mol. The number of nitrogens with one attached hydrogen (secondary N) is 1. The molecule has 1 N–H and O–H groups in total. The van der Waals surface area contributed by atoms with Crippen molar-refractivity contribution in [1.29, 1.82) is 0 Å². The summed E-state index contributed by atoms with van der Waals surface area (Å²) in [6.07, 6.45) is 5.23. The van der Waals surface area contributed by atoms with Crippen molar-refractivity contribution in [2.24, 2.45) is 0 Å². The van der Waals surface area contributed by atoms with Crippen molar-refractivity contribution in [2.45, 2.75) is 57.5 Å².